The fraction of sp³-hybridized carbons (Fsp3) is 0.629. The van der Waals surface area contributed by atoms with Gasteiger partial charge in [0.2, 0.25) is 5.91 Å². The second-order valence-electron chi connectivity index (χ2n) is 13.3. The van der Waals surface area contributed by atoms with E-state index >= 15 is 0 Å². The summed E-state index contributed by atoms with van der Waals surface area (Å²) in [6, 6.07) is 9.51. The minimum Gasteiger partial charge on any atom is -0.455 e. The topological polar surface area (TPSA) is 109 Å². The summed E-state index contributed by atoms with van der Waals surface area (Å²) in [5.74, 6) is -0.627. The second kappa shape index (κ2) is 15.9. The number of esters is 1. The Bertz CT molecular complexity index is 1310. The Morgan fingerprint density at radius 2 is 1.80 bits per heavy atom. The maximum Gasteiger partial charge on any atom is 0.303 e. The average Bonchev–Trinajstić information content (AvgIpc) is 3.72. The van der Waals surface area contributed by atoms with Gasteiger partial charge in [-0.05, 0) is 70.0 Å². The molecule has 1 N–H and O–H groups in total. The second-order valence-corrected chi connectivity index (χ2v) is 14.2. The first-order valence-electron chi connectivity index (χ1n) is 16.4. The normalized spacial score (nSPS) is 19.8. The first kappa shape index (κ1) is 34.8. The number of aromatic nitrogens is 1. The fourth-order valence-corrected chi connectivity index (χ4v) is 7.41. The van der Waals surface area contributed by atoms with Gasteiger partial charge in [0.1, 0.15) is 10.7 Å². The average molecular weight is 639 g/mol. The number of rotatable bonds is 15. The monoisotopic (exact) mass is 638 g/mol. The summed E-state index contributed by atoms with van der Waals surface area (Å²) in [4.78, 5) is 61.1. The van der Waals surface area contributed by atoms with Crippen LogP contribution >= 0.6 is 11.3 Å². The lowest BCUT2D eigenvalue weighted by Gasteiger charge is -2.36. The first-order chi connectivity index (χ1) is 21.4. The van der Waals surface area contributed by atoms with Crippen LogP contribution in [0.25, 0.3) is 0 Å². The number of amides is 2. The van der Waals surface area contributed by atoms with Gasteiger partial charge >= 0.3 is 5.97 Å². The molecule has 0 spiro atoms. The Morgan fingerprint density at radius 3 is 2.42 bits per heavy atom. The van der Waals surface area contributed by atoms with Crippen molar-refractivity contribution in [2.75, 3.05) is 20.6 Å². The van der Waals surface area contributed by atoms with Gasteiger partial charge < -0.3 is 15.0 Å². The van der Waals surface area contributed by atoms with Crippen LogP contribution in [0.4, 0.5) is 0 Å². The number of Topliss-reactive ketones (excluding diaryl/α,β-unsaturated/α-hetero) is 1. The molecule has 2 aliphatic rings. The Morgan fingerprint density at radius 1 is 1.09 bits per heavy atom. The highest BCUT2D eigenvalue weighted by Gasteiger charge is 2.42. The van der Waals surface area contributed by atoms with Gasteiger partial charge in [0.25, 0.3) is 5.91 Å². The Balaban J connectivity index is 1.44. The highest BCUT2D eigenvalue weighted by Crippen LogP contribution is 2.41. The van der Waals surface area contributed by atoms with Gasteiger partial charge in [0.05, 0.1) is 6.04 Å². The molecule has 1 aromatic carbocycles. The van der Waals surface area contributed by atoms with Gasteiger partial charge in [-0.25, -0.2) is 4.98 Å². The fourth-order valence-electron chi connectivity index (χ4n) is 6.57. The van der Waals surface area contributed by atoms with E-state index in [0.717, 1.165) is 44.2 Å². The Kier molecular flexibility index (Phi) is 12.3. The van der Waals surface area contributed by atoms with Gasteiger partial charge in [-0.3, -0.25) is 24.1 Å². The zero-order chi connectivity index (χ0) is 32.7. The third-order valence-corrected chi connectivity index (χ3v) is 10.2. The van der Waals surface area contributed by atoms with Gasteiger partial charge in [0.15, 0.2) is 11.9 Å². The summed E-state index contributed by atoms with van der Waals surface area (Å²) in [6.07, 6.45) is 5.53. The number of benzene rings is 1. The van der Waals surface area contributed by atoms with Crippen molar-refractivity contribution in [1.29, 1.82) is 0 Å². The van der Waals surface area contributed by atoms with Gasteiger partial charge in [-0.2, -0.15) is 0 Å². The molecule has 1 saturated carbocycles. The molecule has 2 amide bonds. The van der Waals surface area contributed by atoms with Crippen LogP contribution in [0.2, 0.25) is 0 Å². The van der Waals surface area contributed by atoms with E-state index in [-0.39, 0.29) is 65.6 Å². The van der Waals surface area contributed by atoms with Crippen molar-refractivity contribution in [1.82, 2.24) is 20.1 Å². The molecule has 0 bridgehead atoms. The standard InChI is InChI=1S/C35H50N4O5S/c1-22(2)30(39(6)35(43)27(26-15-16-26)19-31(41)29-14-10-11-17-38(29)5)20-32(44-24(4)40)34-37-28(21-45-34)33(42)36-23(3)18-25-12-8-7-9-13-25/h7-9,12-13,21-23,26-27,29-30,32H,10-11,14-20H2,1-6H3,(H,36,42)/t23-,27+,29-,30-,32-/m1/s1. The number of likely N-dealkylation sites (N-methyl/N-ethyl adjacent to an activating group) is 1. The minimum absolute atomic E-state index is 0.0174. The molecule has 2 fully saturated rings. The first-order valence-corrected chi connectivity index (χ1v) is 17.3. The van der Waals surface area contributed by atoms with Gasteiger partial charge in [-0.1, -0.05) is 50.6 Å². The zero-order valence-electron chi connectivity index (χ0n) is 27.7. The van der Waals surface area contributed by atoms with Crippen molar-refractivity contribution in [3.8, 4) is 0 Å². The highest BCUT2D eigenvalue weighted by atomic mass is 32.1. The van der Waals surface area contributed by atoms with Crippen LogP contribution in [0.15, 0.2) is 35.7 Å². The van der Waals surface area contributed by atoms with Crippen molar-refractivity contribution >= 4 is 34.9 Å². The molecular formula is C35H50N4O5S. The minimum atomic E-state index is -0.713. The van der Waals surface area contributed by atoms with Crippen LogP contribution in [0.1, 0.15) is 99.8 Å². The molecule has 0 unspecified atom stereocenters. The van der Waals surface area contributed by atoms with E-state index in [1.807, 2.05) is 58.2 Å². The molecule has 0 radical (unpaired) electrons. The van der Waals surface area contributed by atoms with Gasteiger partial charge in [0, 0.05) is 50.2 Å². The quantitative estimate of drug-likeness (QED) is 0.259. The molecule has 246 valence electrons. The number of ether oxygens (including phenoxy) is 1. The Labute approximate surface area is 272 Å². The summed E-state index contributed by atoms with van der Waals surface area (Å²) in [5.41, 5.74) is 1.41. The molecule has 5 atom stereocenters. The summed E-state index contributed by atoms with van der Waals surface area (Å²) in [6.45, 7) is 8.31. The SMILES string of the molecule is CC(=O)O[C@H](C[C@H](C(C)C)N(C)C(=O)[C@@H](CC(=O)[C@H]1CCCCN1C)C1CC1)c1nc(C(=O)N[C@H](C)Cc2ccccc2)cs1. The van der Waals surface area contributed by atoms with Crippen molar-refractivity contribution in [3.63, 3.8) is 0 Å². The largest absolute Gasteiger partial charge is 0.455 e. The van der Waals surface area contributed by atoms with Crippen LogP contribution in [0.5, 0.6) is 0 Å². The lowest BCUT2D eigenvalue weighted by atomic mass is 9.88. The molecule has 10 heteroatoms. The molecule has 2 heterocycles. The van der Waals surface area contributed by atoms with Crippen LogP contribution in [0.3, 0.4) is 0 Å². The van der Waals surface area contributed by atoms with Crippen molar-refractivity contribution < 1.29 is 23.9 Å². The number of carbonyl (C=O) groups excluding carboxylic acids is 4. The van der Waals surface area contributed by atoms with E-state index in [9.17, 15) is 19.2 Å². The van der Waals surface area contributed by atoms with Crippen LogP contribution in [-0.2, 0) is 25.5 Å². The molecule has 1 aliphatic carbocycles. The summed E-state index contributed by atoms with van der Waals surface area (Å²) in [7, 11) is 3.81. The van der Waals surface area contributed by atoms with Crippen LogP contribution in [0, 0.1) is 17.8 Å². The maximum absolute atomic E-state index is 14.0. The summed E-state index contributed by atoms with van der Waals surface area (Å²) in [5, 5.41) is 5.22. The number of nitrogens with one attached hydrogen (secondary N) is 1. The Hall–Kier alpha value is -3.11. The third kappa shape index (κ3) is 9.69. The predicted molar refractivity (Wildman–Crippen MR) is 176 cm³/mol. The van der Waals surface area contributed by atoms with Crippen molar-refractivity contribution in [2.24, 2.45) is 17.8 Å². The summed E-state index contributed by atoms with van der Waals surface area (Å²) < 4.78 is 5.76. The number of carbonyl (C=O) groups is 4. The molecular weight excluding hydrogens is 588 g/mol. The number of hydrogen-bond donors (Lipinski definition) is 1. The number of hydrogen-bond acceptors (Lipinski definition) is 8. The molecule has 1 aliphatic heterocycles. The highest BCUT2D eigenvalue weighted by molar-refractivity contribution is 7.09. The number of thiazole rings is 1. The van der Waals surface area contributed by atoms with E-state index < -0.39 is 12.1 Å². The molecule has 1 aromatic heterocycles. The molecule has 2 aromatic rings. The molecule has 45 heavy (non-hydrogen) atoms. The van der Waals surface area contributed by atoms with E-state index in [4.69, 9.17) is 4.74 Å². The zero-order valence-corrected chi connectivity index (χ0v) is 28.5. The molecule has 9 nitrogen and oxygen atoms in total. The number of ketones is 1. The molecule has 4 rings (SSSR count). The number of nitrogens with zero attached hydrogens (tertiary/aromatic N) is 3. The van der Waals surface area contributed by atoms with Gasteiger partial charge in [-0.15, -0.1) is 11.3 Å². The smallest absolute Gasteiger partial charge is 0.303 e. The lowest BCUT2D eigenvalue weighted by molar-refractivity contribution is -0.149. The molecule has 1 saturated heterocycles. The maximum atomic E-state index is 14.0. The van der Waals surface area contributed by atoms with Crippen molar-refractivity contribution in [3.05, 3.63) is 52.0 Å². The van der Waals surface area contributed by atoms with Crippen LogP contribution in [-0.4, -0.2) is 77.1 Å². The van der Waals surface area contributed by atoms with Crippen LogP contribution < -0.4 is 5.32 Å². The van der Waals surface area contributed by atoms with E-state index in [1.165, 1.54) is 18.3 Å². The summed E-state index contributed by atoms with van der Waals surface area (Å²) >= 11 is 1.28. The predicted octanol–water partition coefficient (Wildman–Crippen LogP) is 5.45. The van der Waals surface area contributed by atoms with E-state index in [0.29, 0.717) is 17.8 Å². The number of likely N-dealkylation sites (tertiary alicyclic amines) is 1. The lowest BCUT2D eigenvalue weighted by Crippen LogP contribution is -2.47. The van der Waals surface area contributed by atoms with E-state index in [1.54, 1.807) is 17.3 Å². The third-order valence-electron chi connectivity index (χ3n) is 9.24. The van der Waals surface area contributed by atoms with E-state index in [2.05, 4.69) is 15.2 Å². The van der Waals surface area contributed by atoms with Crippen molar-refractivity contribution in [2.45, 2.75) is 103 Å². The number of piperidine rings is 1.